The van der Waals surface area contributed by atoms with Gasteiger partial charge in [-0.05, 0) is 29.3 Å². The lowest BCUT2D eigenvalue weighted by Gasteiger charge is -2.33. The lowest BCUT2D eigenvalue weighted by Crippen LogP contribution is -2.48. The second-order valence-electron chi connectivity index (χ2n) is 8.36. The maximum absolute atomic E-state index is 12.7. The minimum Gasteiger partial charge on any atom is -0.379 e. The van der Waals surface area contributed by atoms with Crippen LogP contribution in [0, 0.1) is 0 Å². The fourth-order valence-electron chi connectivity index (χ4n) is 4.01. The third-order valence-electron chi connectivity index (χ3n) is 6.06. The summed E-state index contributed by atoms with van der Waals surface area (Å²) < 4.78 is 32.1. The van der Waals surface area contributed by atoms with E-state index in [2.05, 4.69) is 29.2 Å². The summed E-state index contributed by atoms with van der Waals surface area (Å²) in [5.41, 5.74) is 1.98. The van der Waals surface area contributed by atoms with Crippen molar-refractivity contribution in [2.24, 2.45) is 0 Å². The highest BCUT2D eigenvalue weighted by molar-refractivity contribution is 7.89. The van der Waals surface area contributed by atoms with Crippen LogP contribution in [0.2, 0.25) is 0 Å². The average molecular weight is 482 g/mol. The first-order valence-electron chi connectivity index (χ1n) is 11.6. The first-order chi connectivity index (χ1) is 16.5. The molecule has 7 nitrogen and oxygen atoms in total. The van der Waals surface area contributed by atoms with Gasteiger partial charge in [0.2, 0.25) is 15.9 Å². The minimum absolute atomic E-state index is 0.0236. The van der Waals surface area contributed by atoms with Crippen LogP contribution >= 0.6 is 0 Å². The van der Waals surface area contributed by atoms with Gasteiger partial charge >= 0.3 is 0 Å². The summed E-state index contributed by atoms with van der Waals surface area (Å²) in [5.74, 6) is -0.0236. The summed E-state index contributed by atoms with van der Waals surface area (Å²) >= 11 is 0. The molecule has 180 valence electrons. The van der Waals surface area contributed by atoms with Crippen molar-refractivity contribution >= 4 is 28.1 Å². The summed E-state index contributed by atoms with van der Waals surface area (Å²) in [6.45, 7) is 5.51. The Bertz CT molecular complexity index is 1100. The number of benzene rings is 2. The standard InChI is InChI=1S/C26H31N3O4S/c30-26(28-17-15-27(16-18-28)14-4-7-23-5-2-1-3-6-23)13-10-24-8-11-25(12-9-24)34(31,32)29-19-21-33-22-20-29/h1-13H,14-22H2. The van der Waals surface area contributed by atoms with Crippen molar-refractivity contribution in [3.63, 3.8) is 0 Å². The lowest BCUT2D eigenvalue weighted by molar-refractivity contribution is -0.127. The highest BCUT2D eigenvalue weighted by Crippen LogP contribution is 2.18. The number of hydrogen-bond acceptors (Lipinski definition) is 5. The van der Waals surface area contributed by atoms with Crippen LogP contribution < -0.4 is 0 Å². The second-order valence-corrected chi connectivity index (χ2v) is 10.3. The Labute approximate surface area is 202 Å². The molecule has 1 amide bonds. The Morgan fingerprint density at radius 3 is 2.15 bits per heavy atom. The van der Waals surface area contributed by atoms with Crippen LogP contribution in [0.5, 0.6) is 0 Å². The monoisotopic (exact) mass is 481 g/mol. The average Bonchev–Trinajstić information content (AvgIpc) is 2.89. The van der Waals surface area contributed by atoms with E-state index in [1.807, 2.05) is 23.1 Å². The van der Waals surface area contributed by atoms with Crippen LogP contribution in [-0.2, 0) is 19.6 Å². The molecule has 0 aromatic heterocycles. The molecule has 8 heteroatoms. The van der Waals surface area contributed by atoms with Gasteiger partial charge in [0.25, 0.3) is 0 Å². The number of amides is 1. The topological polar surface area (TPSA) is 70.2 Å². The molecule has 0 bridgehead atoms. The van der Waals surface area contributed by atoms with Gasteiger partial charge in [-0.2, -0.15) is 4.31 Å². The first kappa shape index (κ1) is 24.3. The van der Waals surface area contributed by atoms with Gasteiger partial charge in [0.05, 0.1) is 18.1 Å². The van der Waals surface area contributed by atoms with Gasteiger partial charge in [0.1, 0.15) is 0 Å². The van der Waals surface area contributed by atoms with Crippen molar-refractivity contribution in [3.8, 4) is 0 Å². The van der Waals surface area contributed by atoms with Crippen molar-refractivity contribution in [1.82, 2.24) is 14.1 Å². The molecule has 0 unspecified atom stereocenters. The molecule has 0 spiro atoms. The summed E-state index contributed by atoms with van der Waals surface area (Å²) in [7, 11) is -3.51. The molecule has 2 aromatic carbocycles. The van der Waals surface area contributed by atoms with Gasteiger partial charge in [-0.25, -0.2) is 8.42 Å². The molecule has 0 radical (unpaired) electrons. The molecule has 0 saturated carbocycles. The SMILES string of the molecule is O=C(C=Cc1ccc(S(=O)(=O)N2CCOCC2)cc1)N1CCN(CC=Cc2ccccc2)CC1. The van der Waals surface area contributed by atoms with Gasteiger partial charge in [0, 0.05) is 51.9 Å². The van der Waals surface area contributed by atoms with E-state index in [1.54, 1.807) is 36.4 Å². The zero-order valence-electron chi connectivity index (χ0n) is 19.3. The Morgan fingerprint density at radius 2 is 1.47 bits per heavy atom. The first-order valence-corrected chi connectivity index (χ1v) is 13.1. The molecular weight excluding hydrogens is 450 g/mol. The zero-order valence-corrected chi connectivity index (χ0v) is 20.1. The van der Waals surface area contributed by atoms with E-state index in [0.29, 0.717) is 39.4 Å². The smallest absolute Gasteiger partial charge is 0.246 e. The Balaban J connectivity index is 1.25. The molecule has 2 aliphatic heterocycles. The molecule has 0 atom stereocenters. The number of sulfonamides is 1. The van der Waals surface area contributed by atoms with Crippen LogP contribution in [-0.4, -0.2) is 87.5 Å². The highest BCUT2D eigenvalue weighted by atomic mass is 32.2. The zero-order chi connectivity index (χ0) is 23.8. The van der Waals surface area contributed by atoms with Crippen molar-refractivity contribution in [2.45, 2.75) is 4.90 Å². The minimum atomic E-state index is -3.51. The van der Waals surface area contributed by atoms with Gasteiger partial charge in [0.15, 0.2) is 0 Å². The van der Waals surface area contributed by atoms with E-state index in [9.17, 15) is 13.2 Å². The molecular formula is C26H31N3O4S. The largest absolute Gasteiger partial charge is 0.379 e. The molecule has 2 heterocycles. The van der Waals surface area contributed by atoms with E-state index in [-0.39, 0.29) is 10.8 Å². The molecule has 2 fully saturated rings. The van der Waals surface area contributed by atoms with Crippen LogP contribution in [0.15, 0.2) is 71.6 Å². The van der Waals surface area contributed by atoms with Crippen LogP contribution in [0.1, 0.15) is 11.1 Å². The van der Waals surface area contributed by atoms with Gasteiger partial charge in [-0.3, -0.25) is 9.69 Å². The van der Waals surface area contributed by atoms with Crippen LogP contribution in [0.3, 0.4) is 0 Å². The number of hydrogen-bond donors (Lipinski definition) is 0. The number of nitrogens with zero attached hydrogens (tertiary/aromatic N) is 3. The third kappa shape index (κ3) is 6.42. The molecule has 2 aliphatic rings. The van der Waals surface area contributed by atoms with Gasteiger partial charge < -0.3 is 9.64 Å². The Kier molecular flexibility index (Phi) is 8.29. The van der Waals surface area contributed by atoms with E-state index in [0.717, 1.165) is 25.2 Å². The highest BCUT2D eigenvalue weighted by Gasteiger charge is 2.26. The second kappa shape index (κ2) is 11.6. The fourth-order valence-corrected chi connectivity index (χ4v) is 5.42. The number of morpholine rings is 1. The fraction of sp³-hybridized carbons (Fsp3) is 0.346. The molecule has 2 aromatic rings. The lowest BCUT2D eigenvalue weighted by atomic mass is 10.2. The van der Waals surface area contributed by atoms with Crippen molar-refractivity contribution < 1.29 is 17.9 Å². The number of carbonyl (C=O) groups is 1. The molecule has 0 N–H and O–H groups in total. The summed E-state index contributed by atoms with van der Waals surface area (Å²) in [6.07, 6.45) is 7.59. The number of carbonyl (C=O) groups excluding carboxylic acids is 1. The number of ether oxygens (including phenoxy) is 1. The maximum Gasteiger partial charge on any atom is 0.246 e. The van der Waals surface area contributed by atoms with Crippen molar-refractivity contribution in [3.05, 3.63) is 77.9 Å². The van der Waals surface area contributed by atoms with Crippen molar-refractivity contribution in [2.75, 3.05) is 59.0 Å². The molecule has 34 heavy (non-hydrogen) atoms. The summed E-state index contributed by atoms with van der Waals surface area (Å²) in [4.78, 5) is 17.0. The molecule has 4 rings (SSSR count). The predicted octanol–water partition coefficient (Wildman–Crippen LogP) is 2.58. The van der Waals surface area contributed by atoms with E-state index in [4.69, 9.17) is 4.74 Å². The van der Waals surface area contributed by atoms with Crippen molar-refractivity contribution in [1.29, 1.82) is 0 Å². The summed E-state index contributed by atoms with van der Waals surface area (Å²) in [6, 6.07) is 16.9. The van der Waals surface area contributed by atoms with Crippen LogP contribution in [0.25, 0.3) is 12.2 Å². The predicted molar refractivity (Wildman–Crippen MR) is 134 cm³/mol. The Morgan fingerprint density at radius 1 is 0.824 bits per heavy atom. The van der Waals surface area contributed by atoms with Crippen LogP contribution in [0.4, 0.5) is 0 Å². The normalized spacial score (nSPS) is 18.6. The van der Waals surface area contributed by atoms with E-state index >= 15 is 0 Å². The molecule has 0 aliphatic carbocycles. The van der Waals surface area contributed by atoms with E-state index < -0.39 is 10.0 Å². The maximum atomic E-state index is 12.7. The number of piperazine rings is 1. The van der Waals surface area contributed by atoms with Gasteiger partial charge in [-0.15, -0.1) is 0 Å². The quantitative estimate of drug-likeness (QED) is 0.569. The van der Waals surface area contributed by atoms with Gasteiger partial charge in [-0.1, -0.05) is 54.6 Å². The third-order valence-corrected chi connectivity index (χ3v) is 7.98. The molecule has 2 saturated heterocycles. The van der Waals surface area contributed by atoms with E-state index in [1.165, 1.54) is 9.87 Å². The summed E-state index contributed by atoms with van der Waals surface area (Å²) in [5, 5.41) is 0. The number of rotatable bonds is 7. The Hall–Kier alpha value is -2.78.